The fourth-order valence-electron chi connectivity index (χ4n) is 2.81. The minimum absolute atomic E-state index is 0.0109. The Morgan fingerprint density at radius 2 is 1.55 bits per heavy atom. The molecule has 0 aliphatic heterocycles. The van der Waals surface area contributed by atoms with Crippen molar-refractivity contribution in [1.29, 1.82) is 0 Å². The minimum atomic E-state index is -0.431. The Bertz CT molecular complexity index is 804. The molecule has 0 atom stereocenters. The van der Waals surface area contributed by atoms with Gasteiger partial charge >= 0.3 is 11.9 Å². The molecule has 0 aliphatic rings. The predicted octanol–water partition coefficient (Wildman–Crippen LogP) is 5.37. The van der Waals surface area contributed by atoms with E-state index < -0.39 is 5.97 Å². The Hall–Kier alpha value is -2.88. The van der Waals surface area contributed by atoms with E-state index in [0.717, 1.165) is 11.1 Å². The minimum Gasteiger partial charge on any atom is -0.465 e. The van der Waals surface area contributed by atoms with Gasteiger partial charge in [-0.15, -0.1) is 0 Å². The molecule has 0 aromatic heterocycles. The molecular weight excluding hydrogens is 364 g/mol. The van der Waals surface area contributed by atoms with Crippen LogP contribution in [0.3, 0.4) is 0 Å². The number of allylic oxidation sites excluding steroid dienone is 1. The second-order valence-corrected chi connectivity index (χ2v) is 7.48. The molecule has 0 radical (unpaired) electrons. The molecule has 4 nitrogen and oxygen atoms in total. The normalized spacial score (nSPS) is 11.4. The third-order valence-electron chi connectivity index (χ3n) is 4.55. The molecule has 2 aromatic rings. The summed E-state index contributed by atoms with van der Waals surface area (Å²) in [7, 11) is 0. The number of ether oxygens (including phenoxy) is 2. The van der Waals surface area contributed by atoms with Crippen molar-refractivity contribution < 1.29 is 19.1 Å². The van der Waals surface area contributed by atoms with Gasteiger partial charge in [-0.25, -0.2) is 0 Å². The zero-order valence-corrected chi connectivity index (χ0v) is 17.5. The van der Waals surface area contributed by atoms with Crippen molar-refractivity contribution >= 4 is 11.9 Å². The Labute approximate surface area is 173 Å². The molecule has 2 rings (SSSR count). The molecule has 154 valence electrons. The molecule has 0 fully saturated rings. The molecule has 0 saturated heterocycles. The Morgan fingerprint density at radius 1 is 0.897 bits per heavy atom. The van der Waals surface area contributed by atoms with Crippen LogP contribution in [0.1, 0.15) is 56.2 Å². The topological polar surface area (TPSA) is 52.6 Å². The van der Waals surface area contributed by atoms with E-state index in [0.29, 0.717) is 25.4 Å². The summed E-state index contributed by atoms with van der Waals surface area (Å²) < 4.78 is 10.3. The second-order valence-electron chi connectivity index (χ2n) is 7.48. The molecule has 0 heterocycles. The highest BCUT2D eigenvalue weighted by molar-refractivity contribution is 5.77. The number of rotatable bonds is 10. The maximum atomic E-state index is 11.8. The van der Waals surface area contributed by atoms with Gasteiger partial charge in [0.1, 0.15) is 0 Å². The lowest BCUT2D eigenvalue weighted by Gasteiger charge is -2.07. The average Bonchev–Trinajstić information content (AvgIpc) is 2.72. The van der Waals surface area contributed by atoms with Crippen LogP contribution in [0, 0.1) is 0 Å². The molecule has 0 N–H and O–H groups in total. The van der Waals surface area contributed by atoms with Crippen molar-refractivity contribution in [3.8, 4) is 0 Å². The molecule has 0 bridgehead atoms. The van der Waals surface area contributed by atoms with Gasteiger partial charge in [-0.2, -0.15) is 0 Å². The van der Waals surface area contributed by atoms with E-state index in [2.05, 4.69) is 38.1 Å². The van der Waals surface area contributed by atoms with Crippen LogP contribution < -0.4 is 0 Å². The van der Waals surface area contributed by atoms with Crippen molar-refractivity contribution in [3.63, 3.8) is 0 Å². The Balaban J connectivity index is 1.65. The Kier molecular flexibility index (Phi) is 9.16. The molecule has 0 aliphatic carbocycles. The number of hydrogen-bond donors (Lipinski definition) is 0. The lowest BCUT2D eigenvalue weighted by Crippen LogP contribution is -2.10. The smallest absolute Gasteiger partial charge is 0.311 e. The highest BCUT2D eigenvalue weighted by Gasteiger charge is 2.09. The first-order valence-corrected chi connectivity index (χ1v) is 10.1. The van der Waals surface area contributed by atoms with Crippen LogP contribution in [0.5, 0.6) is 0 Å². The second kappa shape index (κ2) is 11.8. The van der Waals surface area contributed by atoms with Gasteiger partial charge in [-0.05, 0) is 41.5 Å². The van der Waals surface area contributed by atoms with E-state index in [9.17, 15) is 9.59 Å². The highest BCUT2D eigenvalue weighted by atomic mass is 16.5. The molecule has 4 heteroatoms. The number of benzene rings is 2. The summed E-state index contributed by atoms with van der Waals surface area (Å²) in [4.78, 5) is 23.6. The maximum absolute atomic E-state index is 11.8. The van der Waals surface area contributed by atoms with Crippen LogP contribution in [0.25, 0.3) is 0 Å². The van der Waals surface area contributed by atoms with Gasteiger partial charge in [-0.1, -0.05) is 68.4 Å². The summed E-state index contributed by atoms with van der Waals surface area (Å²) in [6.07, 6.45) is 2.89. The number of carbonyl (C=O) groups is 2. The average molecular weight is 395 g/mol. The molecule has 0 amide bonds. The highest BCUT2D eigenvalue weighted by Crippen LogP contribution is 2.16. The quantitative estimate of drug-likeness (QED) is 0.402. The fraction of sp³-hybridized carbons (Fsp3) is 0.360. The molecule has 29 heavy (non-hydrogen) atoms. The lowest BCUT2D eigenvalue weighted by molar-refractivity contribution is -0.147. The van der Waals surface area contributed by atoms with E-state index in [-0.39, 0.29) is 18.8 Å². The van der Waals surface area contributed by atoms with Crippen molar-refractivity contribution in [2.24, 2.45) is 0 Å². The van der Waals surface area contributed by atoms with Crippen molar-refractivity contribution in [2.75, 3.05) is 6.61 Å². The van der Waals surface area contributed by atoms with Crippen LogP contribution in [0.15, 0.2) is 66.4 Å². The van der Waals surface area contributed by atoms with Crippen molar-refractivity contribution in [1.82, 2.24) is 0 Å². The van der Waals surface area contributed by atoms with Crippen LogP contribution >= 0.6 is 0 Å². The summed E-state index contributed by atoms with van der Waals surface area (Å²) in [6, 6.07) is 18.3. The maximum Gasteiger partial charge on any atom is 0.311 e. The zero-order valence-electron chi connectivity index (χ0n) is 17.5. The van der Waals surface area contributed by atoms with E-state index in [1.54, 1.807) is 0 Å². The van der Waals surface area contributed by atoms with Gasteiger partial charge in [-0.3, -0.25) is 9.59 Å². The predicted molar refractivity (Wildman–Crippen MR) is 114 cm³/mol. The summed E-state index contributed by atoms with van der Waals surface area (Å²) in [6.45, 7) is 6.56. The van der Waals surface area contributed by atoms with E-state index >= 15 is 0 Å². The number of esters is 2. The zero-order chi connectivity index (χ0) is 21.1. The Morgan fingerprint density at radius 3 is 2.21 bits per heavy atom. The summed E-state index contributed by atoms with van der Waals surface area (Å²) >= 11 is 0. The van der Waals surface area contributed by atoms with Gasteiger partial charge in [0.25, 0.3) is 0 Å². The molecule has 2 aromatic carbocycles. The summed E-state index contributed by atoms with van der Waals surface area (Å²) in [5, 5.41) is 0. The first-order valence-electron chi connectivity index (χ1n) is 10.1. The van der Waals surface area contributed by atoms with Gasteiger partial charge < -0.3 is 9.47 Å². The largest absolute Gasteiger partial charge is 0.465 e. The van der Waals surface area contributed by atoms with Gasteiger partial charge in [0.15, 0.2) is 0 Å². The molecular formula is C25H30O4. The standard InChI is InChI=1S/C25H30O4/c1-19(2)23-11-9-22(10-12-23)17-20(3)18-29-25(27)14-13-24(26)28-16-15-21-7-5-4-6-8-21/h4-12,18-19H,13-17H2,1-3H3/b20-18+. The van der Waals surface area contributed by atoms with Crippen LogP contribution in [0.4, 0.5) is 0 Å². The van der Waals surface area contributed by atoms with E-state index in [4.69, 9.17) is 9.47 Å². The van der Waals surface area contributed by atoms with Crippen LogP contribution in [-0.4, -0.2) is 18.5 Å². The van der Waals surface area contributed by atoms with E-state index in [1.165, 1.54) is 17.4 Å². The number of hydrogen-bond acceptors (Lipinski definition) is 4. The molecule has 0 unspecified atom stereocenters. The van der Waals surface area contributed by atoms with Gasteiger partial charge in [0.05, 0.1) is 25.7 Å². The van der Waals surface area contributed by atoms with Crippen LogP contribution in [0.2, 0.25) is 0 Å². The lowest BCUT2D eigenvalue weighted by atomic mass is 9.99. The van der Waals surface area contributed by atoms with E-state index in [1.807, 2.05) is 37.3 Å². The first kappa shape index (κ1) is 22.4. The van der Waals surface area contributed by atoms with Crippen LogP contribution in [-0.2, 0) is 31.9 Å². The molecule has 0 spiro atoms. The first-order chi connectivity index (χ1) is 13.9. The van der Waals surface area contributed by atoms with Gasteiger partial charge in [0, 0.05) is 6.42 Å². The van der Waals surface area contributed by atoms with Crippen molar-refractivity contribution in [2.45, 2.75) is 52.4 Å². The summed E-state index contributed by atoms with van der Waals surface area (Å²) in [5.41, 5.74) is 4.53. The molecule has 0 saturated carbocycles. The number of carbonyl (C=O) groups excluding carboxylic acids is 2. The fourth-order valence-corrected chi connectivity index (χ4v) is 2.81. The third kappa shape index (κ3) is 8.77. The summed E-state index contributed by atoms with van der Waals surface area (Å²) in [5.74, 6) is -0.310. The third-order valence-corrected chi connectivity index (χ3v) is 4.55. The SMILES string of the molecule is C/C(=C\OC(=O)CCC(=O)OCCc1ccccc1)Cc1ccc(C(C)C)cc1. The van der Waals surface area contributed by atoms with Gasteiger partial charge in [0.2, 0.25) is 0 Å². The van der Waals surface area contributed by atoms with Crippen molar-refractivity contribution in [3.05, 3.63) is 83.1 Å². The monoisotopic (exact) mass is 394 g/mol.